The topological polar surface area (TPSA) is 61.0 Å². The largest absolute Gasteiger partial charge is 0.338 e. The SMILES string of the molecule is Cc1[nH]ncc1C(=O)N(C)C1CC2CCC(C1)N2. The van der Waals surface area contributed by atoms with Crippen molar-refractivity contribution in [2.24, 2.45) is 0 Å². The van der Waals surface area contributed by atoms with Crippen LogP contribution in [0.25, 0.3) is 0 Å². The molecular formula is C13H20N4O. The van der Waals surface area contributed by atoms with E-state index in [4.69, 9.17) is 0 Å². The number of aromatic nitrogens is 2. The normalized spacial score (nSPS) is 30.4. The fourth-order valence-corrected chi connectivity index (χ4v) is 3.27. The van der Waals surface area contributed by atoms with Crippen LogP contribution < -0.4 is 5.32 Å². The number of aromatic amines is 1. The molecule has 5 nitrogen and oxygen atoms in total. The van der Waals surface area contributed by atoms with Crippen LogP contribution in [0, 0.1) is 6.92 Å². The van der Waals surface area contributed by atoms with Crippen molar-refractivity contribution in [1.82, 2.24) is 20.4 Å². The molecule has 2 unspecified atom stereocenters. The fraction of sp³-hybridized carbons (Fsp3) is 0.692. The third-order valence-electron chi connectivity index (χ3n) is 4.38. The Morgan fingerprint density at radius 1 is 1.39 bits per heavy atom. The molecule has 2 fully saturated rings. The number of amides is 1. The lowest BCUT2D eigenvalue weighted by Crippen LogP contribution is -2.48. The minimum absolute atomic E-state index is 0.0903. The summed E-state index contributed by atoms with van der Waals surface area (Å²) in [6, 6.07) is 1.58. The Kier molecular flexibility index (Phi) is 2.86. The van der Waals surface area contributed by atoms with Gasteiger partial charge in [0.25, 0.3) is 5.91 Å². The van der Waals surface area contributed by atoms with Gasteiger partial charge in [-0.25, -0.2) is 0 Å². The van der Waals surface area contributed by atoms with E-state index >= 15 is 0 Å². The summed E-state index contributed by atoms with van der Waals surface area (Å²) in [5.74, 6) is 0.0903. The molecule has 0 radical (unpaired) electrons. The lowest BCUT2D eigenvalue weighted by molar-refractivity contribution is 0.0681. The first-order valence-electron chi connectivity index (χ1n) is 6.68. The molecule has 1 amide bonds. The van der Waals surface area contributed by atoms with Crippen molar-refractivity contribution in [2.75, 3.05) is 7.05 Å². The third kappa shape index (κ3) is 1.92. The molecule has 5 heteroatoms. The Morgan fingerprint density at radius 2 is 2.06 bits per heavy atom. The van der Waals surface area contributed by atoms with Crippen LogP contribution in [0.2, 0.25) is 0 Å². The van der Waals surface area contributed by atoms with Crippen molar-refractivity contribution < 1.29 is 4.79 Å². The number of fused-ring (bicyclic) bond motifs is 2. The second-order valence-electron chi connectivity index (χ2n) is 5.59. The summed E-state index contributed by atoms with van der Waals surface area (Å²) in [6.07, 6.45) is 6.30. The summed E-state index contributed by atoms with van der Waals surface area (Å²) in [5.41, 5.74) is 1.55. The van der Waals surface area contributed by atoms with Gasteiger partial charge in [0, 0.05) is 30.9 Å². The predicted molar refractivity (Wildman–Crippen MR) is 68.4 cm³/mol. The molecule has 0 saturated carbocycles. The lowest BCUT2D eigenvalue weighted by Gasteiger charge is -2.35. The van der Waals surface area contributed by atoms with E-state index in [0.717, 1.165) is 18.5 Å². The molecule has 2 aliphatic rings. The highest BCUT2D eigenvalue weighted by Crippen LogP contribution is 2.29. The summed E-state index contributed by atoms with van der Waals surface area (Å²) in [7, 11) is 1.92. The van der Waals surface area contributed by atoms with Crippen LogP contribution in [0.5, 0.6) is 0 Å². The Balaban J connectivity index is 1.73. The van der Waals surface area contributed by atoms with Crippen molar-refractivity contribution in [1.29, 1.82) is 0 Å². The van der Waals surface area contributed by atoms with Crippen molar-refractivity contribution in [3.63, 3.8) is 0 Å². The van der Waals surface area contributed by atoms with Crippen LogP contribution in [0.3, 0.4) is 0 Å². The molecule has 0 aromatic carbocycles. The monoisotopic (exact) mass is 248 g/mol. The number of aryl methyl sites for hydroxylation is 1. The van der Waals surface area contributed by atoms with Gasteiger partial charge >= 0.3 is 0 Å². The van der Waals surface area contributed by atoms with Crippen molar-refractivity contribution in [2.45, 2.75) is 50.7 Å². The molecule has 98 valence electrons. The Morgan fingerprint density at radius 3 is 2.61 bits per heavy atom. The second-order valence-corrected chi connectivity index (χ2v) is 5.59. The molecule has 18 heavy (non-hydrogen) atoms. The Bertz CT molecular complexity index is 444. The highest BCUT2D eigenvalue weighted by atomic mass is 16.2. The minimum atomic E-state index is 0.0903. The van der Waals surface area contributed by atoms with Gasteiger partial charge in [0.2, 0.25) is 0 Å². The molecule has 2 N–H and O–H groups in total. The first-order chi connectivity index (χ1) is 8.65. The summed E-state index contributed by atoms with van der Waals surface area (Å²) >= 11 is 0. The van der Waals surface area contributed by atoms with Gasteiger partial charge in [-0.2, -0.15) is 5.10 Å². The minimum Gasteiger partial charge on any atom is -0.338 e. The Labute approximate surface area is 107 Å². The molecular weight excluding hydrogens is 228 g/mol. The van der Waals surface area contributed by atoms with Crippen LogP contribution in [0.1, 0.15) is 41.7 Å². The molecule has 2 aliphatic heterocycles. The van der Waals surface area contributed by atoms with Crippen LogP contribution in [-0.2, 0) is 0 Å². The van der Waals surface area contributed by atoms with Gasteiger partial charge in [-0.15, -0.1) is 0 Å². The van der Waals surface area contributed by atoms with Gasteiger partial charge < -0.3 is 10.2 Å². The first-order valence-corrected chi connectivity index (χ1v) is 6.68. The number of hydrogen-bond donors (Lipinski definition) is 2. The Hall–Kier alpha value is -1.36. The number of piperidine rings is 1. The number of nitrogens with zero attached hydrogens (tertiary/aromatic N) is 2. The summed E-state index contributed by atoms with van der Waals surface area (Å²) in [5, 5.41) is 10.4. The molecule has 3 rings (SSSR count). The van der Waals surface area contributed by atoms with Crippen LogP contribution >= 0.6 is 0 Å². The van der Waals surface area contributed by atoms with E-state index in [2.05, 4.69) is 15.5 Å². The van der Waals surface area contributed by atoms with E-state index in [0.29, 0.717) is 23.7 Å². The number of rotatable bonds is 2. The molecule has 1 aromatic heterocycles. The van der Waals surface area contributed by atoms with Gasteiger partial charge in [-0.05, 0) is 32.6 Å². The average molecular weight is 248 g/mol. The number of carbonyl (C=O) groups is 1. The van der Waals surface area contributed by atoms with Gasteiger partial charge in [0.1, 0.15) is 0 Å². The highest BCUT2D eigenvalue weighted by molar-refractivity contribution is 5.95. The number of carbonyl (C=O) groups excluding carboxylic acids is 1. The van der Waals surface area contributed by atoms with E-state index in [-0.39, 0.29) is 5.91 Å². The van der Waals surface area contributed by atoms with Crippen LogP contribution in [-0.4, -0.2) is 46.2 Å². The predicted octanol–water partition coefficient (Wildman–Crippen LogP) is 1.07. The summed E-state index contributed by atoms with van der Waals surface area (Å²) in [4.78, 5) is 14.3. The van der Waals surface area contributed by atoms with Crippen molar-refractivity contribution >= 4 is 5.91 Å². The van der Waals surface area contributed by atoms with E-state index in [1.54, 1.807) is 6.20 Å². The fourth-order valence-electron chi connectivity index (χ4n) is 3.27. The maximum atomic E-state index is 12.4. The maximum Gasteiger partial charge on any atom is 0.257 e. The first kappa shape index (κ1) is 11.7. The van der Waals surface area contributed by atoms with Crippen molar-refractivity contribution in [3.8, 4) is 0 Å². The van der Waals surface area contributed by atoms with Crippen LogP contribution in [0.4, 0.5) is 0 Å². The average Bonchev–Trinajstić information content (AvgIpc) is 2.93. The van der Waals surface area contributed by atoms with Gasteiger partial charge in [0.15, 0.2) is 0 Å². The molecule has 2 atom stereocenters. The highest BCUT2D eigenvalue weighted by Gasteiger charge is 2.36. The molecule has 2 bridgehead atoms. The zero-order chi connectivity index (χ0) is 12.7. The third-order valence-corrected chi connectivity index (χ3v) is 4.38. The molecule has 1 aromatic rings. The maximum absolute atomic E-state index is 12.4. The zero-order valence-corrected chi connectivity index (χ0v) is 10.9. The van der Waals surface area contributed by atoms with E-state index < -0.39 is 0 Å². The van der Waals surface area contributed by atoms with Gasteiger partial charge in [-0.1, -0.05) is 0 Å². The zero-order valence-electron chi connectivity index (χ0n) is 10.9. The summed E-state index contributed by atoms with van der Waals surface area (Å²) in [6.45, 7) is 1.89. The summed E-state index contributed by atoms with van der Waals surface area (Å²) < 4.78 is 0. The smallest absolute Gasteiger partial charge is 0.257 e. The standard InChI is InChI=1S/C13H20N4O/c1-8-12(7-14-16-8)13(18)17(2)11-5-9-3-4-10(6-11)15-9/h7,9-11,15H,3-6H2,1-2H3,(H,14,16). The van der Waals surface area contributed by atoms with E-state index in [1.165, 1.54) is 12.8 Å². The van der Waals surface area contributed by atoms with E-state index in [9.17, 15) is 4.79 Å². The lowest BCUT2D eigenvalue weighted by atomic mass is 9.98. The van der Waals surface area contributed by atoms with Gasteiger partial charge in [0.05, 0.1) is 11.8 Å². The van der Waals surface area contributed by atoms with Crippen LogP contribution in [0.15, 0.2) is 6.20 Å². The van der Waals surface area contributed by atoms with E-state index in [1.807, 2.05) is 18.9 Å². The number of H-pyrrole nitrogens is 1. The molecule has 0 aliphatic carbocycles. The van der Waals surface area contributed by atoms with Gasteiger partial charge in [-0.3, -0.25) is 9.89 Å². The number of nitrogens with one attached hydrogen (secondary N) is 2. The van der Waals surface area contributed by atoms with Crippen molar-refractivity contribution in [3.05, 3.63) is 17.5 Å². The molecule has 2 saturated heterocycles. The molecule has 0 spiro atoms. The quantitative estimate of drug-likeness (QED) is 0.823. The number of hydrogen-bond acceptors (Lipinski definition) is 3. The molecule has 3 heterocycles. The second kappa shape index (κ2) is 4.39.